The predicted molar refractivity (Wildman–Crippen MR) is 133 cm³/mol. The first-order valence-electron chi connectivity index (χ1n) is 11.8. The number of benzene rings is 4. The van der Waals surface area contributed by atoms with E-state index in [0.29, 0.717) is 16.7 Å². The summed E-state index contributed by atoms with van der Waals surface area (Å²) in [6.07, 6.45) is 1.94. The lowest BCUT2D eigenvalue weighted by Crippen LogP contribution is -2.01. The molecule has 0 saturated heterocycles. The van der Waals surface area contributed by atoms with Gasteiger partial charge in [0, 0.05) is 11.1 Å². The minimum atomic E-state index is -1.06. The third-order valence-corrected chi connectivity index (χ3v) is 5.86. The van der Waals surface area contributed by atoms with E-state index in [0.717, 1.165) is 18.4 Å². The lowest BCUT2D eigenvalue weighted by molar-refractivity contribution is 0.285. The molecule has 4 rings (SSSR count). The minimum absolute atomic E-state index is 0.0260. The number of ether oxygens (including phenoxy) is 2. The summed E-state index contributed by atoms with van der Waals surface area (Å²) in [7, 11) is 0. The maximum Gasteiger partial charge on any atom is 0.201 e. The first-order chi connectivity index (χ1) is 17.4. The molecule has 0 bridgehead atoms. The van der Waals surface area contributed by atoms with Gasteiger partial charge in [-0.25, -0.2) is 8.78 Å². The summed E-state index contributed by atoms with van der Waals surface area (Å²) in [5, 5.41) is 0. The van der Waals surface area contributed by atoms with E-state index in [1.165, 1.54) is 24.3 Å². The normalized spacial score (nSPS) is 10.9. The van der Waals surface area contributed by atoms with Crippen molar-refractivity contribution in [2.45, 2.75) is 33.3 Å². The molecule has 0 radical (unpaired) electrons. The molecule has 0 aromatic heterocycles. The van der Waals surface area contributed by atoms with E-state index in [4.69, 9.17) is 9.47 Å². The van der Waals surface area contributed by atoms with Crippen LogP contribution in [0.15, 0.2) is 72.8 Å². The largest absolute Gasteiger partial charge is 0.491 e. The Hall–Kier alpha value is -3.80. The highest BCUT2D eigenvalue weighted by molar-refractivity contribution is 5.66. The molecule has 186 valence electrons. The number of hydrogen-bond acceptors (Lipinski definition) is 2. The Morgan fingerprint density at radius 3 is 1.47 bits per heavy atom. The van der Waals surface area contributed by atoms with E-state index in [9.17, 15) is 17.6 Å². The Kier molecular flexibility index (Phi) is 7.93. The first-order valence-corrected chi connectivity index (χ1v) is 11.8. The van der Waals surface area contributed by atoms with Crippen LogP contribution in [0.5, 0.6) is 11.5 Å². The van der Waals surface area contributed by atoms with Crippen LogP contribution in [0, 0.1) is 23.3 Å². The van der Waals surface area contributed by atoms with Crippen molar-refractivity contribution in [3.63, 3.8) is 0 Å². The summed E-state index contributed by atoms with van der Waals surface area (Å²) in [6.45, 7) is 3.97. The Labute approximate surface area is 208 Å². The van der Waals surface area contributed by atoms with E-state index >= 15 is 0 Å². The Morgan fingerprint density at radius 1 is 0.528 bits per heavy atom. The molecule has 0 N–H and O–H groups in total. The average Bonchev–Trinajstić information content (AvgIpc) is 2.89. The predicted octanol–water partition coefficient (Wildman–Crippen LogP) is 8.51. The maximum atomic E-state index is 14.8. The Bertz CT molecular complexity index is 1330. The molecule has 0 aliphatic carbocycles. The van der Waals surface area contributed by atoms with Gasteiger partial charge in [-0.2, -0.15) is 8.78 Å². The molecule has 0 aliphatic heterocycles. The molecular weight excluding hydrogens is 468 g/mol. The number of rotatable bonds is 9. The molecule has 0 spiro atoms. The fourth-order valence-electron chi connectivity index (χ4n) is 3.97. The van der Waals surface area contributed by atoms with Gasteiger partial charge in [-0.3, -0.25) is 0 Å². The van der Waals surface area contributed by atoms with Crippen LogP contribution in [-0.4, -0.2) is 6.61 Å². The molecule has 4 aromatic rings. The second kappa shape index (κ2) is 11.3. The zero-order valence-corrected chi connectivity index (χ0v) is 20.1. The van der Waals surface area contributed by atoms with Crippen LogP contribution in [0.25, 0.3) is 22.3 Å². The molecule has 0 fully saturated rings. The van der Waals surface area contributed by atoms with E-state index in [1.807, 2.05) is 12.1 Å². The van der Waals surface area contributed by atoms with Crippen LogP contribution in [0.2, 0.25) is 0 Å². The van der Waals surface area contributed by atoms with Gasteiger partial charge in [0.2, 0.25) is 11.6 Å². The highest BCUT2D eigenvalue weighted by Gasteiger charge is 2.17. The zero-order chi connectivity index (χ0) is 25.7. The van der Waals surface area contributed by atoms with Gasteiger partial charge in [0.25, 0.3) is 0 Å². The molecule has 2 nitrogen and oxygen atoms in total. The lowest BCUT2D eigenvalue weighted by atomic mass is 10.0. The SMILES string of the molecule is CCCc1ccc(-c2ccc(OCc3ccc(-c4ccc(OCC)c(F)c4F)cc3)c(F)c2F)cc1. The fraction of sp³-hybridized carbons (Fsp3) is 0.200. The summed E-state index contributed by atoms with van der Waals surface area (Å²) in [5.41, 5.74) is 3.10. The third kappa shape index (κ3) is 5.38. The second-order valence-electron chi connectivity index (χ2n) is 8.34. The monoisotopic (exact) mass is 494 g/mol. The Balaban J connectivity index is 1.46. The Morgan fingerprint density at radius 2 is 1.00 bits per heavy atom. The molecular formula is C30H26F4O2. The van der Waals surface area contributed by atoms with Gasteiger partial charge in [0.05, 0.1) is 6.61 Å². The van der Waals surface area contributed by atoms with Crippen molar-refractivity contribution < 1.29 is 27.0 Å². The zero-order valence-electron chi connectivity index (χ0n) is 20.1. The molecule has 36 heavy (non-hydrogen) atoms. The van der Waals surface area contributed by atoms with Gasteiger partial charge in [-0.1, -0.05) is 61.9 Å². The topological polar surface area (TPSA) is 18.5 Å². The molecule has 0 heterocycles. The number of halogens is 4. The molecule has 4 aromatic carbocycles. The fourth-order valence-corrected chi connectivity index (χ4v) is 3.97. The lowest BCUT2D eigenvalue weighted by Gasteiger charge is -2.12. The van der Waals surface area contributed by atoms with E-state index < -0.39 is 23.3 Å². The van der Waals surface area contributed by atoms with Crippen molar-refractivity contribution in [2.75, 3.05) is 6.61 Å². The van der Waals surface area contributed by atoms with Crippen molar-refractivity contribution in [1.82, 2.24) is 0 Å². The molecule has 6 heteroatoms. The van der Waals surface area contributed by atoms with Crippen LogP contribution in [0.4, 0.5) is 17.6 Å². The molecule has 0 saturated carbocycles. The summed E-state index contributed by atoms with van der Waals surface area (Å²) in [5.74, 6) is -4.42. The van der Waals surface area contributed by atoms with Crippen molar-refractivity contribution in [2.24, 2.45) is 0 Å². The molecule has 0 atom stereocenters. The van der Waals surface area contributed by atoms with Crippen LogP contribution in [-0.2, 0) is 13.0 Å². The van der Waals surface area contributed by atoms with Gasteiger partial charge in [0.1, 0.15) is 6.61 Å². The minimum Gasteiger partial charge on any atom is -0.491 e. The van der Waals surface area contributed by atoms with E-state index in [1.54, 1.807) is 43.3 Å². The van der Waals surface area contributed by atoms with Crippen molar-refractivity contribution in [3.05, 3.63) is 107 Å². The van der Waals surface area contributed by atoms with Gasteiger partial charge in [0.15, 0.2) is 23.1 Å². The van der Waals surface area contributed by atoms with Crippen LogP contribution >= 0.6 is 0 Å². The van der Waals surface area contributed by atoms with E-state index in [-0.39, 0.29) is 35.8 Å². The second-order valence-corrected chi connectivity index (χ2v) is 8.34. The molecule has 0 amide bonds. The molecule has 0 aliphatic rings. The first kappa shape index (κ1) is 25.3. The van der Waals surface area contributed by atoms with E-state index in [2.05, 4.69) is 6.92 Å². The molecule has 0 unspecified atom stereocenters. The number of aryl methyl sites for hydroxylation is 1. The van der Waals surface area contributed by atoms with Crippen molar-refractivity contribution >= 4 is 0 Å². The quantitative estimate of drug-likeness (QED) is 0.217. The summed E-state index contributed by atoms with van der Waals surface area (Å²) >= 11 is 0. The van der Waals surface area contributed by atoms with Crippen molar-refractivity contribution in [3.8, 4) is 33.8 Å². The summed E-state index contributed by atoms with van der Waals surface area (Å²) < 4.78 is 68.8. The van der Waals surface area contributed by atoms with Gasteiger partial charge in [-0.15, -0.1) is 0 Å². The van der Waals surface area contributed by atoms with Crippen LogP contribution in [0.3, 0.4) is 0 Å². The van der Waals surface area contributed by atoms with Crippen molar-refractivity contribution in [1.29, 1.82) is 0 Å². The summed E-state index contributed by atoms with van der Waals surface area (Å²) in [4.78, 5) is 0. The van der Waals surface area contributed by atoms with Gasteiger partial charge >= 0.3 is 0 Å². The van der Waals surface area contributed by atoms with Gasteiger partial charge < -0.3 is 9.47 Å². The highest BCUT2D eigenvalue weighted by atomic mass is 19.2. The maximum absolute atomic E-state index is 14.8. The van der Waals surface area contributed by atoms with Gasteiger partial charge in [-0.05, 0) is 59.9 Å². The number of hydrogen-bond donors (Lipinski definition) is 0. The standard InChI is InChI=1S/C30H26F4O2/c1-3-5-19-6-10-21(11-7-19)24-15-17-26(30(34)28(24)32)36-18-20-8-12-22(13-9-20)23-14-16-25(35-4-2)29(33)27(23)31/h6-17H,3-5,18H2,1-2H3. The summed E-state index contributed by atoms with van der Waals surface area (Å²) in [6, 6.07) is 19.7. The van der Waals surface area contributed by atoms with Crippen LogP contribution in [0.1, 0.15) is 31.4 Å². The highest BCUT2D eigenvalue weighted by Crippen LogP contribution is 2.32. The smallest absolute Gasteiger partial charge is 0.201 e. The average molecular weight is 495 g/mol. The van der Waals surface area contributed by atoms with Crippen LogP contribution < -0.4 is 9.47 Å². The third-order valence-electron chi connectivity index (χ3n) is 5.86.